The lowest BCUT2D eigenvalue weighted by atomic mass is 10.0. The first-order valence-corrected chi connectivity index (χ1v) is 9.21. The Labute approximate surface area is 183 Å². The number of fused-ring (bicyclic) bond motifs is 1. The Bertz CT molecular complexity index is 881. The third-order valence-corrected chi connectivity index (χ3v) is 4.27. The molecule has 0 aliphatic carbocycles. The number of hydrogen-bond donors (Lipinski definition) is 2. The molecule has 0 bridgehead atoms. The third kappa shape index (κ3) is 6.92. The molecule has 0 aliphatic rings. The van der Waals surface area contributed by atoms with Crippen molar-refractivity contribution < 1.29 is 9.53 Å². The molecule has 0 radical (unpaired) electrons. The highest BCUT2D eigenvalue weighted by Gasteiger charge is 2.14. The molecule has 0 saturated carbocycles. The van der Waals surface area contributed by atoms with E-state index in [1.54, 1.807) is 12.1 Å². The molecule has 0 fully saturated rings. The van der Waals surface area contributed by atoms with Gasteiger partial charge in [-0.05, 0) is 42.7 Å². The zero-order chi connectivity index (χ0) is 19.2. The maximum Gasteiger partial charge on any atom is 0.251 e. The van der Waals surface area contributed by atoms with Gasteiger partial charge in [0.05, 0.1) is 5.69 Å². The van der Waals surface area contributed by atoms with Gasteiger partial charge in [-0.25, -0.2) is 4.98 Å². The van der Waals surface area contributed by atoms with Crippen molar-refractivity contribution in [2.45, 2.75) is 32.9 Å². The molecular weight excluding hydrogens is 411 g/mol. The van der Waals surface area contributed by atoms with Crippen molar-refractivity contribution in [3.05, 3.63) is 66.1 Å². The second-order valence-electron chi connectivity index (χ2n) is 7.05. The van der Waals surface area contributed by atoms with Crippen molar-refractivity contribution in [2.75, 3.05) is 6.54 Å². The van der Waals surface area contributed by atoms with Crippen LogP contribution in [0, 0.1) is 5.92 Å². The van der Waals surface area contributed by atoms with E-state index in [0.29, 0.717) is 30.4 Å². The van der Waals surface area contributed by atoms with E-state index in [4.69, 9.17) is 10.5 Å². The molecule has 2 heterocycles. The molecule has 0 aliphatic heterocycles. The van der Waals surface area contributed by atoms with Crippen molar-refractivity contribution in [3.63, 3.8) is 0 Å². The van der Waals surface area contributed by atoms with Crippen LogP contribution in [-0.4, -0.2) is 27.9 Å². The Balaban J connectivity index is 0.00000210. The summed E-state index contributed by atoms with van der Waals surface area (Å²) in [5, 5.41) is 3.00. The first kappa shape index (κ1) is 24.8. The highest BCUT2D eigenvalue weighted by Crippen LogP contribution is 2.16. The average molecular weight is 439 g/mol. The van der Waals surface area contributed by atoms with Crippen LogP contribution in [-0.2, 0) is 6.61 Å². The van der Waals surface area contributed by atoms with Crippen LogP contribution >= 0.6 is 24.8 Å². The number of nitrogens with zero attached hydrogens (tertiary/aromatic N) is 2. The summed E-state index contributed by atoms with van der Waals surface area (Å²) in [5.41, 5.74) is 8.04. The van der Waals surface area contributed by atoms with Crippen LogP contribution in [0.2, 0.25) is 0 Å². The lowest BCUT2D eigenvalue weighted by Crippen LogP contribution is -2.41. The Hall–Kier alpha value is -2.28. The number of pyridine rings is 1. The molecule has 1 amide bonds. The molecule has 29 heavy (non-hydrogen) atoms. The summed E-state index contributed by atoms with van der Waals surface area (Å²) in [6, 6.07) is 13.0. The second-order valence-corrected chi connectivity index (χ2v) is 7.05. The van der Waals surface area contributed by atoms with E-state index in [-0.39, 0.29) is 36.8 Å². The minimum absolute atomic E-state index is 0. The lowest BCUT2D eigenvalue weighted by molar-refractivity contribution is 0.0933. The molecule has 3 N–H and O–H groups in total. The molecule has 0 spiro atoms. The number of nitrogens with one attached hydrogen (secondary N) is 1. The zero-order valence-corrected chi connectivity index (χ0v) is 18.2. The number of nitrogens with two attached hydrogens (primary N) is 1. The predicted octanol–water partition coefficient (Wildman–Crippen LogP) is 3.86. The highest BCUT2D eigenvalue weighted by molar-refractivity contribution is 5.94. The van der Waals surface area contributed by atoms with Crippen LogP contribution in [0.4, 0.5) is 0 Å². The van der Waals surface area contributed by atoms with Gasteiger partial charge in [0.25, 0.3) is 5.91 Å². The summed E-state index contributed by atoms with van der Waals surface area (Å²) in [5.74, 6) is 0.969. The van der Waals surface area contributed by atoms with Crippen LogP contribution in [0.3, 0.4) is 0 Å². The minimum Gasteiger partial charge on any atom is -0.487 e. The number of hydrogen-bond acceptors (Lipinski definition) is 4. The minimum atomic E-state index is -0.135. The van der Waals surface area contributed by atoms with Gasteiger partial charge in [-0.1, -0.05) is 26.0 Å². The van der Waals surface area contributed by atoms with E-state index in [0.717, 1.165) is 17.8 Å². The number of amides is 1. The van der Waals surface area contributed by atoms with E-state index in [9.17, 15) is 4.79 Å². The van der Waals surface area contributed by atoms with E-state index in [2.05, 4.69) is 24.1 Å². The molecular formula is C21H28Cl2N4O2. The van der Waals surface area contributed by atoms with Crippen LogP contribution in [0.15, 0.2) is 54.9 Å². The fraction of sp³-hybridized carbons (Fsp3) is 0.333. The number of imidazole rings is 1. The van der Waals surface area contributed by atoms with Crippen LogP contribution in [0.1, 0.15) is 36.3 Å². The molecule has 8 heteroatoms. The number of aromatic nitrogens is 2. The fourth-order valence-electron chi connectivity index (χ4n) is 2.99. The number of carbonyl (C=O) groups excluding carboxylic acids is 1. The van der Waals surface area contributed by atoms with Crippen molar-refractivity contribution in [2.24, 2.45) is 11.7 Å². The van der Waals surface area contributed by atoms with Crippen LogP contribution < -0.4 is 15.8 Å². The molecule has 0 saturated heterocycles. The molecule has 158 valence electrons. The van der Waals surface area contributed by atoms with Crippen molar-refractivity contribution >= 4 is 36.4 Å². The summed E-state index contributed by atoms with van der Waals surface area (Å²) < 4.78 is 7.78. The first-order valence-electron chi connectivity index (χ1n) is 9.21. The number of ether oxygens (including phenoxy) is 1. The lowest BCUT2D eigenvalue weighted by Gasteiger charge is -2.19. The number of benzene rings is 1. The Kier molecular flexibility index (Phi) is 9.95. The van der Waals surface area contributed by atoms with Crippen molar-refractivity contribution in [1.82, 2.24) is 14.7 Å². The fourth-order valence-corrected chi connectivity index (χ4v) is 2.99. The number of rotatable bonds is 8. The normalized spacial score (nSPS) is 11.4. The summed E-state index contributed by atoms with van der Waals surface area (Å²) in [6.07, 6.45) is 4.73. The van der Waals surface area contributed by atoms with E-state index >= 15 is 0 Å². The molecule has 1 atom stereocenters. The number of carbonyl (C=O) groups is 1. The van der Waals surface area contributed by atoms with E-state index < -0.39 is 0 Å². The van der Waals surface area contributed by atoms with Crippen LogP contribution in [0.5, 0.6) is 5.75 Å². The standard InChI is InChI=1S/C21H26N4O2.2ClH/c1-15(2)10-17(12-22)24-21(26)16-6-5-7-19(11-16)27-14-18-13-25-9-4-3-8-20(25)23-18;;/h3-9,11,13,15,17H,10,12,14,22H2,1-2H3,(H,24,26);2*1H. The average Bonchev–Trinajstić information content (AvgIpc) is 3.08. The summed E-state index contributed by atoms with van der Waals surface area (Å²) in [7, 11) is 0. The molecule has 3 aromatic rings. The third-order valence-electron chi connectivity index (χ3n) is 4.27. The van der Waals surface area contributed by atoms with Gasteiger partial charge in [0.15, 0.2) is 0 Å². The molecule has 1 unspecified atom stereocenters. The quantitative estimate of drug-likeness (QED) is 0.559. The first-order chi connectivity index (χ1) is 13.0. The monoisotopic (exact) mass is 438 g/mol. The summed E-state index contributed by atoms with van der Waals surface area (Å²) in [4.78, 5) is 17.0. The molecule has 6 nitrogen and oxygen atoms in total. The van der Waals surface area contributed by atoms with Gasteiger partial charge in [-0.2, -0.15) is 0 Å². The van der Waals surface area contributed by atoms with Gasteiger partial charge in [0.1, 0.15) is 18.0 Å². The smallest absolute Gasteiger partial charge is 0.251 e. The predicted molar refractivity (Wildman–Crippen MR) is 120 cm³/mol. The van der Waals surface area contributed by atoms with Gasteiger partial charge >= 0.3 is 0 Å². The van der Waals surface area contributed by atoms with Gasteiger partial charge in [-0.15, -0.1) is 24.8 Å². The van der Waals surface area contributed by atoms with Gasteiger partial charge in [0, 0.05) is 30.5 Å². The highest BCUT2D eigenvalue weighted by atomic mass is 35.5. The zero-order valence-electron chi connectivity index (χ0n) is 16.6. The van der Waals surface area contributed by atoms with E-state index in [1.807, 2.05) is 47.1 Å². The maximum absolute atomic E-state index is 12.5. The van der Waals surface area contributed by atoms with Gasteiger partial charge in [-0.3, -0.25) is 4.79 Å². The Morgan fingerprint density at radius 2 is 2.00 bits per heavy atom. The van der Waals surface area contributed by atoms with E-state index in [1.165, 1.54) is 0 Å². The SMILES string of the molecule is CC(C)CC(CN)NC(=O)c1cccc(OCc2cn3ccccc3n2)c1.Cl.Cl. The molecule has 3 rings (SSSR count). The maximum atomic E-state index is 12.5. The largest absolute Gasteiger partial charge is 0.487 e. The topological polar surface area (TPSA) is 81.6 Å². The Morgan fingerprint density at radius 1 is 1.21 bits per heavy atom. The van der Waals surface area contributed by atoms with Crippen molar-refractivity contribution in [3.8, 4) is 5.75 Å². The molecule has 1 aromatic carbocycles. The Morgan fingerprint density at radius 3 is 2.69 bits per heavy atom. The summed E-state index contributed by atoms with van der Waals surface area (Å²) >= 11 is 0. The molecule has 2 aromatic heterocycles. The van der Waals surface area contributed by atoms with Gasteiger partial charge in [0.2, 0.25) is 0 Å². The number of halogens is 2. The second kappa shape index (κ2) is 11.7. The van der Waals surface area contributed by atoms with Gasteiger partial charge < -0.3 is 20.2 Å². The van der Waals surface area contributed by atoms with Crippen LogP contribution in [0.25, 0.3) is 5.65 Å². The van der Waals surface area contributed by atoms with Crippen molar-refractivity contribution in [1.29, 1.82) is 0 Å². The summed E-state index contributed by atoms with van der Waals surface area (Å²) in [6.45, 7) is 4.99.